The van der Waals surface area contributed by atoms with Crippen LogP contribution in [0.3, 0.4) is 0 Å². The fourth-order valence-electron chi connectivity index (χ4n) is 4.54. The van der Waals surface area contributed by atoms with Gasteiger partial charge in [0.25, 0.3) is 5.88 Å². The van der Waals surface area contributed by atoms with Crippen molar-refractivity contribution in [2.24, 2.45) is 11.8 Å². The minimum Gasteiger partial charge on any atom is -0.486 e. The summed E-state index contributed by atoms with van der Waals surface area (Å²) >= 11 is 6.35. The second-order valence-electron chi connectivity index (χ2n) is 9.58. The summed E-state index contributed by atoms with van der Waals surface area (Å²) in [4.78, 5) is 23.2. The predicted octanol–water partition coefficient (Wildman–Crippen LogP) is 4.16. The third-order valence-corrected chi connectivity index (χ3v) is 7.02. The van der Waals surface area contributed by atoms with Gasteiger partial charge >= 0.3 is 6.09 Å². The molecular weight excluding hydrogens is 486 g/mol. The lowest BCUT2D eigenvalue weighted by Crippen LogP contribution is -2.59. The number of nitrogens with one attached hydrogen (secondary N) is 1. The molecule has 2 aliphatic heterocycles. The van der Waals surface area contributed by atoms with Gasteiger partial charge in [0.05, 0.1) is 42.2 Å². The zero-order valence-electron chi connectivity index (χ0n) is 20.2. The number of piperidine rings is 1. The molecule has 5 rings (SSSR count). The van der Waals surface area contributed by atoms with Crippen molar-refractivity contribution in [1.82, 2.24) is 14.9 Å². The minimum atomic E-state index is -0.315. The molecule has 1 amide bonds. The third-order valence-electron chi connectivity index (χ3n) is 6.71. The molecule has 3 fully saturated rings. The number of nitrogens with zero attached hydrogens (tertiary/aromatic N) is 4. The Labute approximate surface area is 214 Å². The van der Waals surface area contributed by atoms with Crippen LogP contribution in [0.15, 0.2) is 24.5 Å². The number of nitriles is 1. The molecule has 0 spiro atoms. The van der Waals surface area contributed by atoms with Gasteiger partial charge in [0.15, 0.2) is 5.82 Å². The molecule has 3 heterocycles. The summed E-state index contributed by atoms with van der Waals surface area (Å²) in [5, 5.41) is 12.6. The number of fused-ring (bicyclic) bond motifs is 2. The molecular formula is C25H28ClN5O5. The van der Waals surface area contributed by atoms with Gasteiger partial charge in [-0.2, -0.15) is 10.2 Å². The Morgan fingerprint density at radius 3 is 2.69 bits per heavy atom. The molecule has 2 unspecified atom stereocenters. The third kappa shape index (κ3) is 5.13. The number of benzene rings is 1. The smallest absolute Gasteiger partial charge is 0.410 e. The van der Waals surface area contributed by atoms with Crippen molar-refractivity contribution in [3.8, 4) is 17.7 Å². The fraction of sp³-hybridized carbons (Fsp3) is 0.520. The molecule has 1 aromatic carbocycles. The van der Waals surface area contributed by atoms with E-state index in [0.717, 1.165) is 12.8 Å². The first-order valence-corrected chi connectivity index (χ1v) is 12.4. The summed E-state index contributed by atoms with van der Waals surface area (Å²) in [6.07, 6.45) is 2.73. The number of carbonyl (C=O) groups excluding carboxylic acids is 1. The maximum Gasteiger partial charge on any atom is 0.410 e. The number of carbonyl (C=O) groups is 1. The Balaban J connectivity index is 1.34. The molecule has 11 heteroatoms. The van der Waals surface area contributed by atoms with E-state index >= 15 is 0 Å². The molecule has 1 aliphatic carbocycles. The summed E-state index contributed by atoms with van der Waals surface area (Å²) < 4.78 is 23.8. The Bertz CT molecular complexity index is 1170. The Hall–Kier alpha value is -3.29. The molecule has 2 bridgehead atoms. The first kappa shape index (κ1) is 24.4. The van der Waals surface area contributed by atoms with Gasteiger partial charge in [0.2, 0.25) is 5.75 Å². The molecule has 2 saturated heterocycles. The second kappa shape index (κ2) is 9.99. The highest BCUT2D eigenvalue weighted by Gasteiger charge is 2.47. The van der Waals surface area contributed by atoms with Crippen molar-refractivity contribution in [2.45, 2.75) is 38.4 Å². The summed E-state index contributed by atoms with van der Waals surface area (Å²) in [5.74, 6) is 0.996. The van der Waals surface area contributed by atoms with E-state index in [0.29, 0.717) is 66.6 Å². The molecule has 2 aromatic rings. The van der Waals surface area contributed by atoms with Crippen molar-refractivity contribution in [3.63, 3.8) is 0 Å². The van der Waals surface area contributed by atoms with E-state index in [4.69, 9.17) is 35.8 Å². The van der Waals surface area contributed by atoms with E-state index < -0.39 is 0 Å². The van der Waals surface area contributed by atoms with Crippen LogP contribution < -0.4 is 14.8 Å². The van der Waals surface area contributed by atoms with Gasteiger partial charge in [-0.15, -0.1) is 0 Å². The number of hydrogen-bond acceptors (Lipinski definition) is 9. The normalized spacial score (nSPS) is 23.8. The first-order valence-electron chi connectivity index (χ1n) is 12.1. The standard InChI is InChI=1S/C25H28ClN5O5/c1-3-34-21-22(30-19-5-4-15(9-27)8-18(19)26)28-14-29-23(21)35-20-16-10-31(11-17(20)13-33-12-16)24(32)36-25(2)6-7-25/h4-5,8,14,16-17,20H,3,6-7,10-13H2,1-2H3,(H,28,29,30). The van der Waals surface area contributed by atoms with Crippen molar-refractivity contribution < 1.29 is 23.7 Å². The van der Waals surface area contributed by atoms with Crippen molar-refractivity contribution in [2.75, 3.05) is 38.2 Å². The zero-order valence-corrected chi connectivity index (χ0v) is 21.0. The molecule has 0 radical (unpaired) electrons. The Morgan fingerprint density at radius 1 is 1.31 bits per heavy atom. The van der Waals surface area contributed by atoms with Gasteiger partial charge < -0.3 is 29.2 Å². The summed E-state index contributed by atoms with van der Waals surface area (Å²) in [6, 6.07) is 7.01. The van der Waals surface area contributed by atoms with E-state index in [1.54, 1.807) is 23.1 Å². The van der Waals surface area contributed by atoms with Gasteiger partial charge in [-0.3, -0.25) is 0 Å². The SMILES string of the molecule is CCOc1c(Nc2ccc(C#N)cc2Cl)ncnc1OC1C2COCC1CN(C(=O)OC1(C)CC1)C2. The lowest BCUT2D eigenvalue weighted by molar-refractivity contribution is -0.112. The highest BCUT2D eigenvalue weighted by Crippen LogP contribution is 2.41. The van der Waals surface area contributed by atoms with Gasteiger partial charge in [-0.05, 0) is 44.9 Å². The molecule has 2 atom stereocenters. The van der Waals surface area contributed by atoms with Crippen LogP contribution in [0, 0.1) is 23.2 Å². The van der Waals surface area contributed by atoms with Gasteiger partial charge in [0.1, 0.15) is 18.0 Å². The quantitative estimate of drug-likeness (QED) is 0.582. The summed E-state index contributed by atoms with van der Waals surface area (Å²) in [5.41, 5.74) is 0.713. The Morgan fingerprint density at radius 2 is 2.06 bits per heavy atom. The number of likely N-dealkylation sites (tertiary alicyclic amines) is 1. The van der Waals surface area contributed by atoms with Crippen molar-refractivity contribution in [3.05, 3.63) is 35.1 Å². The number of hydrogen-bond donors (Lipinski definition) is 1. The number of ether oxygens (including phenoxy) is 4. The number of halogens is 1. The topological polar surface area (TPSA) is 119 Å². The lowest BCUT2D eigenvalue weighted by Gasteiger charge is -2.46. The van der Waals surface area contributed by atoms with E-state index in [9.17, 15) is 4.79 Å². The van der Waals surface area contributed by atoms with Crippen LogP contribution in [0.4, 0.5) is 16.3 Å². The van der Waals surface area contributed by atoms with Crippen molar-refractivity contribution in [1.29, 1.82) is 5.26 Å². The predicted molar refractivity (Wildman–Crippen MR) is 131 cm³/mol. The second-order valence-corrected chi connectivity index (χ2v) is 9.99. The number of anilines is 2. The first-order chi connectivity index (χ1) is 17.4. The molecule has 3 aliphatic rings. The minimum absolute atomic E-state index is 0.0362. The summed E-state index contributed by atoms with van der Waals surface area (Å²) in [6.45, 7) is 6.12. The number of amides is 1. The average Bonchev–Trinajstić information content (AvgIpc) is 3.58. The van der Waals surface area contributed by atoms with E-state index in [1.807, 2.05) is 13.8 Å². The van der Waals surface area contributed by atoms with Crippen LogP contribution >= 0.6 is 11.6 Å². The van der Waals surface area contributed by atoms with E-state index in [-0.39, 0.29) is 29.6 Å². The molecule has 36 heavy (non-hydrogen) atoms. The summed E-state index contributed by atoms with van der Waals surface area (Å²) in [7, 11) is 0. The highest BCUT2D eigenvalue weighted by atomic mass is 35.5. The van der Waals surface area contributed by atoms with Crippen LogP contribution in [0.25, 0.3) is 0 Å². The maximum absolute atomic E-state index is 12.7. The maximum atomic E-state index is 12.7. The van der Waals surface area contributed by atoms with E-state index in [2.05, 4.69) is 21.4 Å². The largest absolute Gasteiger partial charge is 0.486 e. The molecule has 1 saturated carbocycles. The fourth-order valence-corrected chi connectivity index (χ4v) is 4.77. The number of aromatic nitrogens is 2. The molecule has 190 valence electrons. The van der Waals surface area contributed by atoms with Crippen LogP contribution in [-0.4, -0.2) is 65.6 Å². The number of rotatable bonds is 7. The van der Waals surface area contributed by atoms with Gasteiger partial charge in [0, 0.05) is 24.9 Å². The van der Waals surface area contributed by atoms with Gasteiger partial charge in [-0.1, -0.05) is 11.6 Å². The monoisotopic (exact) mass is 513 g/mol. The van der Waals surface area contributed by atoms with Gasteiger partial charge in [-0.25, -0.2) is 9.78 Å². The molecule has 10 nitrogen and oxygen atoms in total. The van der Waals surface area contributed by atoms with Crippen LogP contribution in [0.5, 0.6) is 11.6 Å². The lowest BCUT2D eigenvalue weighted by atomic mass is 9.84. The van der Waals surface area contributed by atoms with Crippen LogP contribution in [0.2, 0.25) is 5.02 Å². The Kier molecular flexibility index (Phi) is 6.77. The average molecular weight is 514 g/mol. The zero-order chi connectivity index (χ0) is 25.3. The van der Waals surface area contributed by atoms with Crippen molar-refractivity contribution >= 4 is 29.2 Å². The van der Waals surface area contributed by atoms with Crippen LogP contribution in [-0.2, 0) is 9.47 Å². The highest BCUT2D eigenvalue weighted by molar-refractivity contribution is 6.33. The molecule has 1 N–H and O–H groups in total. The molecule has 1 aromatic heterocycles. The van der Waals surface area contributed by atoms with E-state index in [1.165, 1.54) is 6.33 Å². The van der Waals surface area contributed by atoms with Crippen LogP contribution in [0.1, 0.15) is 32.3 Å².